The fourth-order valence-electron chi connectivity index (χ4n) is 1.78. The number of carbonyl (C=O) groups excluding carboxylic acids is 1. The normalized spacial score (nSPS) is 11.8. The summed E-state index contributed by atoms with van der Waals surface area (Å²) in [4.78, 5) is 12.2. The number of para-hydroxylation sites is 1. The highest BCUT2D eigenvalue weighted by atomic mass is 35.5. The van der Waals surface area contributed by atoms with E-state index in [0.717, 1.165) is 0 Å². The largest absolute Gasteiger partial charge is 0.481 e. The number of anilines is 1. The molecule has 1 atom stereocenters. The van der Waals surface area contributed by atoms with Crippen LogP contribution in [-0.4, -0.2) is 12.0 Å². The Morgan fingerprint density at radius 2 is 2.00 bits per heavy atom. The van der Waals surface area contributed by atoms with Gasteiger partial charge in [0, 0.05) is 5.69 Å². The van der Waals surface area contributed by atoms with Crippen molar-refractivity contribution in [2.75, 3.05) is 5.32 Å². The molecule has 0 saturated heterocycles. The summed E-state index contributed by atoms with van der Waals surface area (Å²) in [6, 6.07) is 13.1. The molecule has 2 aromatic carbocycles. The lowest BCUT2D eigenvalue weighted by Crippen LogP contribution is -2.32. The van der Waals surface area contributed by atoms with Crippen molar-refractivity contribution in [1.29, 1.82) is 0 Å². The van der Waals surface area contributed by atoms with Crippen LogP contribution in [0.5, 0.6) is 5.75 Å². The van der Waals surface area contributed by atoms with E-state index in [4.69, 9.17) is 16.3 Å². The second-order valence-corrected chi connectivity index (χ2v) is 4.85. The van der Waals surface area contributed by atoms with E-state index >= 15 is 0 Å². The summed E-state index contributed by atoms with van der Waals surface area (Å²) in [5, 5.41) is 2.63. The van der Waals surface area contributed by atoms with Crippen LogP contribution < -0.4 is 10.1 Å². The van der Waals surface area contributed by atoms with Crippen molar-refractivity contribution < 1.29 is 13.9 Å². The zero-order chi connectivity index (χ0) is 15.2. The van der Waals surface area contributed by atoms with Gasteiger partial charge in [0.25, 0.3) is 5.91 Å². The summed E-state index contributed by atoms with van der Waals surface area (Å²) in [5.41, 5.74) is 0.432. The smallest absolute Gasteiger partial charge is 0.265 e. The summed E-state index contributed by atoms with van der Waals surface area (Å²) < 4.78 is 18.7. The molecule has 2 aromatic rings. The van der Waals surface area contributed by atoms with E-state index in [-0.39, 0.29) is 10.9 Å². The Balaban J connectivity index is 2.04. The summed E-state index contributed by atoms with van der Waals surface area (Å²) >= 11 is 5.68. The number of hydrogen-bond donors (Lipinski definition) is 1. The highest BCUT2D eigenvalue weighted by molar-refractivity contribution is 6.31. The van der Waals surface area contributed by atoms with Gasteiger partial charge in [-0.2, -0.15) is 0 Å². The lowest BCUT2D eigenvalue weighted by Gasteiger charge is -2.17. The molecule has 1 amide bonds. The molecule has 1 N–H and O–H groups in total. The molecule has 0 aromatic heterocycles. The molecule has 0 saturated carbocycles. The maximum Gasteiger partial charge on any atom is 0.265 e. The molecule has 0 bridgehead atoms. The summed E-state index contributed by atoms with van der Waals surface area (Å²) in [6.45, 7) is 1.85. The standard InChI is InChI=1S/C16H15ClFNO2/c1-2-15(21-12-6-4-3-5-7-12)16(20)19-11-8-9-14(18)13(17)10-11/h3-10,15H,2H2,1H3,(H,19,20)/t15-/m0/s1. The Labute approximate surface area is 127 Å². The van der Waals surface area contributed by atoms with Gasteiger partial charge in [-0.15, -0.1) is 0 Å². The van der Waals surface area contributed by atoms with Crippen LogP contribution in [-0.2, 0) is 4.79 Å². The van der Waals surface area contributed by atoms with Gasteiger partial charge < -0.3 is 10.1 Å². The van der Waals surface area contributed by atoms with E-state index in [0.29, 0.717) is 17.9 Å². The zero-order valence-corrected chi connectivity index (χ0v) is 12.2. The molecular formula is C16H15ClFNO2. The molecule has 21 heavy (non-hydrogen) atoms. The van der Waals surface area contributed by atoms with Crippen LogP contribution in [0.15, 0.2) is 48.5 Å². The molecule has 0 aliphatic heterocycles. The van der Waals surface area contributed by atoms with Crippen molar-refractivity contribution >= 4 is 23.2 Å². The molecular weight excluding hydrogens is 293 g/mol. The minimum absolute atomic E-state index is 0.0372. The fraction of sp³-hybridized carbons (Fsp3) is 0.188. The van der Waals surface area contributed by atoms with Crippen molar-refractivity contribution in [2.45, 2.75) is 19.4 Å². The maximum absolute atomic E-state index is 13.1. The van der Waals surface area contributed by atoms with Crippen LogP contribution in [0, 0.1) is 5.82 Å². The molecule has 0 radical (unpaired) electrons. The third-order valence-electron chi connectivity index (χ3n) is 2.87. The fourth-order valence-corrected chi connectivity index (χ4v) is 1.96. The minimum Gasteiger partial charge on any atom is -0.481 e. The molecule has 3 nitrogen and oxygen atoms in total. The highest BCUT2D eigenvalue weighted by Crippen LogP contribution is 2.20. The Morgan fingerprint density at radius 3 is 2.62 bits per heavy atom. The first-order valence-electron chi connectivity index (χ1n) is 6.57. The van der Waals surface area contributed by atoms with Crippen LogP contribution in [0.1, 0.15) is 13.3 Å². The molecule has 0 heterocycles. The summed E-state index contributed by atoms with van der Waals surface area (Å²) in [7, 11) is 0. The van der Waals surface area contributed by atoms with Gasteiger partial charge in [0.05, 0.1) is 5.02 Å². The van der Waals surface area contributed by atoms with Crippen LogP contribution in [0.3, 0.4) is 0 Å². The Bertz CT molecular complexity index is 619. The van der Waals surface area contributed by atoms with Crippen LogP contribution in [0.4, 0.5) is 10.1 Å². The molecule has 0 fully saturated rings. The van der Waals surface area contributed by atoms with E-state index in [1.807, 2.05) is 25.1 Å². The number of hydrogen-bond acceptors (Lipinski definition) is 2. The molecule has 0 aliphatic carbocycles. The minimum atomic E-state index is -0.628. The van der Waals surface area contributed by atoms with Crippen molar-refractivity contribution in [1.82, 2.24) is 0 Å². The highest BCUT2D eigenvalue weighted by Gasteiger charge is 2.18. The second-order valence-electron chi connectivity index (χ2n) is 4.45. The predicted molar refractivity (Wildman–Crippen MR) is 81.2 cm³/mol. The molecule has 5 heteroatoms. The van der Waals surface area contributed by atoms with Crippen molar-refractivity contribution in [2.24, 2.45) is 0 Å². The molecule has 2 rings (SSSR count). The van der Waals surface area contributed by atoms with Crippen LogP contribution in [0.2, 0.25) is 5.02 Å². The Morgan fingerprint density at radius 1 is 1.29 bits per heavy atom. The first-order chi connectivity index (χ1) is 10.1. The molecule has 0 aliphatic rings. The lowest BCUT2D eigenvalue weighted by atomic mass is 10.2. The molecule has 0 unspecified atom stereocenters. The number of rotatable bonds is 5. The third-order valence-corrected chi connectivity index (χ3v) is 3.16. The number of carbonyl (C=O) groups is 1. The first-order valence-corrected chi connectivity index (χ1v) is 6.95. The van der Waals surface area contributed by atoms with Gasteiger partial charge in [0.15, 0.2) is 6.10 Å². The van der Waals surface area contributed by atoms with E-state index in [1.165, 1.54) is 18.2 Å². The van der Waals surface area contributed by atoms with Crippen LogP contribution >= 0.6 is 11.6 Å². The van der Waals surface area contributed by atoms with Gasteiger partial charge in [-0.05, 0) is 36.8 Å². The summed E-state index contributed by atoms with van der Waals surface area (Å²) in [5.74, 6) is -0.206. The van der Waals surface area contributed by atoms with Gasteiger partial charge in [0.2, 0.25) is 0 Å². The molecule has 110 valence electrons. The first kappa shape index (κ1) is 15.3. The predicted octanol–water partition coefficient (Wildman–Crippen LogP) is 4.28. The van der Waals surface area contributed by atoms with Crippen LogP contribution in [0.25, 0.3) is 0 Å². The van der Waals surface area contributed by atoms with Gasteiger partial charge in [-0.1, -0.05) is 36.7 Å². The second kappa shape index (κ2) is 7.09. The monoisotopic (exact) mass is 307 g/mol. The van der Waals surface area contributed by atoms with E-state index in [1.54, 1.807) is 12.1 Å². The number of halogens is 2. The SMILES string of the molecule is CC[C@H](Oc1ccccc1)C(=O)Nc1ccc(F)c(Cl)c1. The number of amides is 1. The quantitative estimate of drug-likeness (QED) is 0.895. The van der Waals surface area contributed by atoms with E-state index in [9.17, 15) is 9.18 Å². The van der Waals surface area contributed by atoms with Crippen molar-refractivity contribution in [3.05, 3.63) is 59.4 Å². The van der Waals surface area contributed by atoms with Crippen molar-refractivity contribution in [3.63, 3.8) is 0 Å². The number of benzene rings is 2. The number of nitrogens with one attached hydrogen (secondary N) is 1. The Kier molecular flexibility index (Phi) is 5.17. The average molecular weight is 308 g/mol. The average Bonchev–Trinajstić information content (AvgIpc) is 2.49. The Hall–Kier alpha value is -2.07. The van der Waals surface area contributed by atoms with Gasteiger partial charge in [-0.25, -0.2) is 4.39 Å². The zero-order valence-electron chi connectivity index (χ0n) is 11.5. The van der Waals surface area contributed by atoms with Gasteiger partial charge in [0.1, 0.15) is 11.6 Å². The number of ether oxygens (including phenoxy) is 1. The lowest BCUT2D eigenvalue weighted by molar-refractivity contribution is -0.122. The van der Waals surface area contributed by atoms with Gasteiger partial charge >= 0.3 is 0 Å². The maximum atomic E-state index is 13.1. The van der Waals surface area contributed by atoms with Crippen molar-refractivity contribution in [3.8, 4) is 5.75 Å². The topological polar surface area (TPSA) is 38.3 Å². The molecule has 0 spiro atoms. The van der Waals surface area contributed by atoms with E-state index < -0.39 is 11.9 Å². The van der Waals surface area contributed by atoms with Gasteiger partial charge in [-0.3, -0.25) is 4.79 Å². The third kappa shape index (κ3) is 4.20. The summed E-state index contributed by atoms with van der Waals surface area (Å²) in [6.07, 6.45) is -0.119. The van der Waals surface area contributed by atoms with E-state index in [2.05, 4.69) is 5.32 Å².